The van der Waals surface area contributed by atoms with E-state index in [2.05, 4.69) is 34.7 Å². The summed E-state index contributed by atoms with van der Waals surface area (Å²) in [6.07, 6.45) is -0.0493. The number of nitrogens with zero attached hydrogens (tertiary/aromatic N) is 3. The lowest BCUT2D eigenvalue weighted by Crippen LogP contribution is -2.51. The molecular weight excluding hydrogens is 322 g/mol. The van der Waals surface area contributed by atoms with Gasteiger partial charge in [0.05, 0.1) is 18.5 Å². The number of rotatable bonds is 1. The van der Waals surface area contributed by atoms with Gasteiger partial charge in [0.25, 0.3) is 5.91 Å². The minimum absolute atomic E-state index is 0.0493. The van der Waals surface area contributed by atoms with E-state index in [0.717, 1.165) is 40.5 Å². The molecule has 1 amide bonds. The van der Waals surface area contributed by atoms with Crippen LogP contribution in [0.15, 0.2) is 35.7 Å². The second kappa shape index (κ2) is 4.77. The fourth-order valence-corrected chi connectivity index (χ4v) is 4.86. The largest absolute Gasteiger partial charge is 0.497 e. The smallest absolute Gasteiger partial charge is 0.268 e. The monoisotopic (exact) mass is 339 g/mol. The van der Waals surface area contributed by atoms with Crippen molar-refractivity contribution in [2.45, 2.75) is 12.7 Å². The van der Waals surface area contributed by atoms with Crippen molar-refractivity contribution in [2.75, 3.05) is 25.6 Å². The third-order valence-corrected chi connectivity index (χ3v) is 6.00. The molecule has 0 saturated heterocycles. The zero-order valence-corrected chi connectivity index (χ0v) is 14.3. The van der Waals surface area contributed by atoms with Crippen molar-refractivity contribution in [3.05, 3.63) is 46.3 Å². The highest BCUT2D eigenvalue weighted by molar-refractivity contribution is 7.12. The maximum absolute atomic E-state index is 12.9. The molecule has 2 aromatic heterocycles. The maximum Gasteiger partial charge on any atom is 0.268 e. The van der Waals surface area contributed by atoms with Crippen LogP contribution in [0.25, 0.3) is 10.9 Å². The van der Waals surface area contributed by atoms with Gasteiger partial charge in [-0.1, -0.05) is 0 Å². The summed E-state index contributed by atoms with van der Waals surface area (Å²) in [5, 5.41) is 3.15. The van der Waals surface area contributed by atoms with Crippen LogP contribution in [0.3, 0.4) is 0 Å². The van der Waals surface area contributed by atoms with Crippen molar-refractivity contribution in [1.82, 2.24) is 9.47 Å². The molecule has 1 atom stereocenters. The Morgan fingerprint density at radius 3 is 2.92 bits per heavy atom. The van der Waals surface area contributed by atoms with Crippen LogP contribution in [0.1, 0.15) is 21.5 Å². The van der Waals surface area contributed by atoms with Crippen LogP contribution in [-0.4, -0.2) is 36.1 Å². The van der Waals surface area contributed by atoms with Crippen LogP contribution in [0.4, 0.5) is 5.69 Å². The number of thiophene rings is 1. The number of hydrogen-bond donors (Lipinski definition) is 0. The fourth-order valence-electron chi connectivity index (χ4n) is 3.97. The maximum atomic E-state index is 12.9. The molecule has 24 heavy (non-hydrogen) atoms. The van der Waals surface area contributed by atoms with E-state index >= 15 is 0 Å². The Morgan fingerprint density at radius 1 is 1.21 bits per heavy atom. The van der Waals surface area contributed by atoms with E-state index < -0.39 is 0 Å². The highest BCUT2D eigenvalue weighted by Gasteiger charge is 2.41. The van der Waals surface area contributed by atoms with E-state index in [1.807, 2.05) is 22.4 Å². The zero-order chi connectivity index (χ0) is 16.4. The number of amides is 1. The van der Waals surface area contributed by atoms with Gasteiger partial charge in [0.2, 0.25) is 0 Å². The second-order valence-electron chi connectivity index (χ2n) is 6.26. The molecule has 0 radical (unpaired) electrons. The summed E-state index contributed by atoms with van der Waals surface area (Å²) in [5.41, 5.74) is 3.39. The van der Waals surface area contributed by atoms with E-state index in [-0.39, 0.29) is 12.1 Å². The van der Waals surface area contributed by atoms with Crippen molar-refractivity contribution in [2.24, 2.45) is 0 Å². The van der Waals surface area contributed by atoms with Gasteiger partial charge >= 0.3 is 0 Å². The SMILES string of the molecule is COc1ccc2c(c1)cc1n2CCN2C(=O)c3sccc3N(C)C12. The number of benzene rings is 1. The summed E-state index contributed by atoms with van der Waals surface area (Å²) in [4.78, 5) is 17.9. The normalized spacial score (nSPS) is 19.2. The quantitative estimate of drug-likeness (QED) is 0.683. The highest BCUT2D eigenvalue weighted by atomic mass is 32.1. The van der Waals surface area contributed by atoms with Crippen LogP contribution < -0.4 is 9.64 Å². The average molecular weight is 339 g/mol. The zero-order valence-electron chi connectivity index (χ0n) is 13.5. The van der Waals surface area contributed by atoms with Gasteiger partial charge in [-0.15, -0.1) is 11.3 Å². The number of carbonyl (C=O) groups is 1. The molecule has 4 heterocycles. The van der Waals surface area contributed by atoms with Gasteiger partial charge in [0.1, 0.15) is 16.8 Å². The van der Waals surface area contributed by atoms with Gasteiger partial charge in [0, 0.05) is 31.0 Å². The second-order valence-corrected chi connectivity index (χ2v) is 7.18. The first-order valence-corrected chi connectivity index (χ1v) is 8.85. The van der Waals surface area contributed by atoms with Crippen LogP contribution in [0.2, 0.25) is 0 Å². The molecule has 2 aliphatic heterocycles. The molecule has 5 nitrogen and oxygen atoms in total. The Bertz CT molecular complexity index is 974. The van der Waals surface area contributed by atoms with Gasteiger partial charge in [-0.2, -0.15) is 0 Å². The summed E-state index contributed by atoms with van der Waals surface area (Å²) >= 11 is 1.53. The number of anilines is 1. The molecule has 2 aliphatic rings. The molecule has 3 aromatic rings. The Kier molecular flexibility index (Phi) is 2.77. The minimum Gasteiger partial charge on any atom is -0.497 e. The molecule has 122 valence electrons. The third kappa shape index (κ3) is 1.66. The molecule has 5 rings (SSSR count). The molecule has 0 N–H and O–H groups in total. The number of ether oxygens (including phenoxy) is 1. The van der Waals surface area contributed by atoms with Crippen molar-refractivity contribution >= 4 is 33.8 Å². The van der Waals surface area contributed by atoms with Gasteiger partial charge in [-0.3, -0.25) is 4.79 Å². The van der Waals surface area contributed by atoms with Crippen molar-refractivity contribution in [3.8, 4) is 5.75 Å². The molecule has 1 unspecified atom stereocenters. The molecule has 0 fully saturated rings. The molecule has 0 aliphatic carbocycles. The molecule has 0 saturated carbocycles. The number of fused-ring (bicyclic) bond motifs is 6. The Balaban J connectivity index is 1.71. The summed E-state index contributed by atoms with van der Waals surface area (Å²) in [5.74, 6) is 1.01. The summed E-state index contributed by atoms with van der Waals surface area (Å²) in [6.45, 7) is 1.55. The number of methoxy groups -OCH3 is 1. The molecule has 6 heteroatoms. The minimum atomic E-state index is -0.0493. The van der Waals surface area contributed by atoms with E-state index in [4.69, 9.17) is 4.74 Å². The Hall–Kier alpha value is -2.47. The van der Waals surface area contributed by atoms with Crippen molar-refractivity contribution in [1.29, 1.82) is 0 Å². The standard InChI is InChI=1S/C18H17N3O2S/c1-19-14-5-8-24-16(14)18(22)21-7-6-20-13-4-3-12(23-2)9-11(13)10-15(20)17(19)21/h3-5,8-10,17H,6-7H2,1-2H3. The van der Waals surface area contributed by atoms with Crippen LogP contribution in [0.5, 0.6) is 5.75 Å². The first-order valence-electron chi connectivity index (χ1n) is 7.97. The predicted octanol–water partition coefficient (Wildman–Crippen LogP) is 3.32. The average Bonchev–Trinajstić information content (AvgIpc) is 3.22. The van der Waals surface area contributed by atoms with Crippen LogP contribution in [-0.2, 0) is 6.54 Å². The van der Waals surface area contributed by atoms with E-state index in [9.17, 15) is 4.79 Å². The molecule has 0 spiro atoms. The fraction of sp³-hybridized carbons (Fsp3) is 0.278. The van der Waals surface area contributed by atoms with Crippen molar-refractivity contribution < 1.29 is 9.53 Å². The van der Waals surface area contributed by atoms with Gasteiger partial charge in [-0.05, 0) is 35.7 Å². The summed E-state index contributed by atoms with van der Waals surface area (Å²) in [6, 6.07) is 10.4. The van der Waals surface area contributed by atoms with Crippen molar-refractivity contribution in [3.63, 3.8) is 0 Å². The number of carbonyl (C=O) groups excluding carboxylic acids is 1. The van der Waals surface area contributed by atoms with E-state index in [1.54, 1.807) is 7.11 Å². The lowest BCUT2D eigenvalue weighted by atomic mass is 10.1. The summed E-state index contributed by atoms with van der Waals surface area (Å²) < 4.78 is 7.68. The molecular formula is C18H17N3O2S. The van der Waals surface area contributed by atoms with Gasteiger partial charge in [0.15, 0.2) is 0 Å². The van der Waals surface area contributed by atoms with Crippen LogP contribution >= 0.6 is 11.3 Å². The first-order chi connectivity index (χ1) is 11.7. The van der Waals surface area contributed by atoms with Crippen LogP contribution in [0, 0.1) is 0 Å². The number of hydrogen-bond acceptors (Lipinski definition) is 4. The first kappa shape index (κ1) is 13.9. The lowest BCUT2D eigenvalue weighted by Gasteiger charge is -2.45. The summed E-state index contributed by atoms with van der Waals surface area (Å²) in [7, 11) is 3.76. The van der Waals surface area contributed by atoms with Gasteiger partial charge < -0.3 is 19.1 Å². The predicted molar refractivity (Wildman–Crippen MR) is 95.0 cm³/mol. The highest BCUT2D eigenvalue weighted by Crippen LogP contribution is 2.43. The Labute approximate surface area is 143 Å². The number of aromatic nitrogens is 1. The lowest BCUT2D eigenvalue weighted by molar-refractivity contribution is 0.0608. The molecule has 0 bridgehead atoms. The topological polar surface area (TPSA) is 37.7 Å². The van der Waals surface area contributed by atoms with E-state index in [1.165, 1.54) is 16.9 Å². The third-order valence-electron chi connectivity index (χ3n) is 5.11. The van der Waals surface area contributed by atoms with Gasteiger partial charge in [-0.25, -0.2) is 0 Å². The van der Waals surface area contributed by atoms with E-state index in [0.29, 0.717) is 0 Å². The Morgan fingerprint density at radius 2 is 2.08 bits per heavy atom. The molecule has 1 aromatic carbocycles.